The number of aliphatic hydroxyl groups is 1. The SMILES string of the molecule is O=c1c2ccccc2nnn1C[C@@H](O)c1ccc(C(F)(F)F)cc1. The molecule has 3 aromatic rings. The average Bonchev–Trinajstić information content (AvgIpc) is 2.57. The third-order valence-electron chi connectivity index (χ3n) is 3.60. The van der Waals surface area contributed by atoms with Crippen molar-refractivity contribution >= 4 is 10.9 Å². The lowest BCUT2D eigenvalue weighted by molar-refractivity contribution is -0.137. The van der Waals surface area contributed by atoms with Gasteiger partial charge in [0.15, 0.2) is 0 Å². The summed E-state index contributed by atoms with van der Waals surface area (Å²) in [5.74, 6) is 0. The number of benzene rings is 2. The highest BCUT2D eigenvalue weighted by molar-refractivity contribution is 5.76. The molecule has 0 amide bonds. The zero-order chi connectivity index (χ0) is 17.3. The van der Waals surface area contributed by atoms with Gasteiger partial charge in [-0.1, -0.05) is 29.5 Å². The molecule has 1 heterocycles. The van der Waals surface area contributed by atoms with E-state index in [1.54, 1.807) is 24.3 Å². The number of rotatable bonds is 3. The lowest BCUT2D eigenvalue weighted by atomic mass is 10.1. The number of hydrogen-bond acceptors (Lipinski definition) is 4. The molecular weight excluding hydrogens is 323 g/mol. The topological polar surface area (TPSA) is 68.0 Å². The van der Waals surface area contributed by atoms with E-state index in [4.69, 9.17) is 0 Å². The van der Waals surface area contributed by atoms with Gasteiger partial charge in [0.1, 0.15) is 5.52 Å². The van der Waals surface area contributed by atoms with Gasteiger partial charge in [0.2, 0.25) is 0 Å². The quantitative estimate of drug-likeness (QED) is 0.799. The number of aromatic nitrogens is 3. The molecule has 0 spiro atoms. The number of nitrogens with zero attached hydrogens (tertiary/aromatic N) is 3. The number of fused-ring (bicyclic) bond motifs is 1. The van der Waals surface area contributed by atoms with Gasteiger partial charge in [-0.15, -0.1) is 5.10 Å². The molecular formula is C16H12F3N3O2. The van der Waals surface area contributed by atoms with E-state index in [-0.39, 0.29) is 12.1 Å². The molecule has 0 fully saturated rings. The Kier molecular flexibility index (Phi) is 4.06. The summed E-state index contributed by atoms with van der Waals surface area (Å²) in [6.07, 6.45) is -5.62. The normalized spacial score (nSPS) is 13.2. The Morgan fingerprint density at radius 2 is 1.75 bits per heavy atom. The van der Waals surface area contributed by atoms with Crippen LogP contribution in [0.2, 0.25) is 0 Å². The van der Waals surface area contributed by atoms with E-state index >= 15 is 0 Å². The fraction of sp³-hybridized carbons (Fsp3) is 0.188. The number of alkyl halides is 3. The first-order valence-electron chi connectivity index (χ1n) is 7.04. The molecule has 8 heteroatoms. The molecule has 0 radical (unpaired) electrons. The molecule has 1 atom stereocenters. The van der Waals surface area contributed by atoms with Gasteiger partial charge in [0.05, 0.1) is 23.6 Å². The summed E-state index contributed by atoms with van der Waals surface area (Å²) in [6, 6.07) is 10.7. The first-order chi connectivity index (χ1) is 11.4. The molecule has 0 saturated carbocycles. The van der Waals surface area contributed by atoms with E-state index in [1.807, 2.05) is 0 Å². The third kappa shape index (κ3) is 3.13. The third-order valence-corrected chi connectivity index (χ3v) is 3.60. The Bertz CT molecular complexity index is 920. The Morgan fingerprint density at radius 3 is 2.42 bits per heavy atom. The minimum Gasteiger partial charge on any atom is -0.386 e. The van der Waals surface area contributed by atoms with Crippen LogP contribution in [0.3, 0.4) is 0 Å². The Balaban J connectivity index is 1.86. The van der Waals surface area contributed by atoms with Gasteiger partial charge in [-0.2, -0.15) is 13.2 Å². The van der Waals surface area contributed by atoms with Crippen LogP contribution in [-0.4, -0.2) is 20.1 Å². The molecule has 0 aliphatic carbocycles. The second kappa shape index (κ2) is 6.04. The molecule has 2 aromatic carbocycles. The number of hydrogen-bond donors (Lipinski definition) is 1. The zero-order valence-corrected chi connectivity index (χ0v) is 12.2. The predicted octanol–water partition coefficient (Wildman–Crippen LogP) is 2.54. The van der Waals surface area contributed by atoms with Crippen LogP contribution in [0.1, 0.15) is 17.2 Å². The molecule has 3 rings (SSSR count). The second-order valence-corrected chi connectivity index (χ2v) is 5.23. The van der Waals surface area contributed by atoms with Crippen molar-refractivity contribution < 1.29 is 18.3 Å². The molecule has 0 saturated heterocycles. The second-order valence-electron chi connectivity index (χ2n) is 5.23. The van der Waals surface area contributed by atoms with Crippen molar-refractivity contribution in [2.24, 2.45) is 0 Å². The molecule has 1 N–H and O–H groups in total. The smallest absolute Gasteiger partial charge is 0.386 e. The first kappa shape index (κ1) is 16.1. The lowest BCUT2D eigenvalue weighted by Gasteiger charge is -2.13. The van der Waals surface area contributed by atoms with Crippen molar-refractivity contribution in [3.8, 4) is 0 Å². The maximum Gasteiger partial charge on any atom is 0.416 e. The predicted molar refractivity (Wildman–Crippen MR) is 80.2 cm³/mol. The van der Waals surface area contributed by atoms with Crippen molar-refractivity contribution in [1.29, 1.82) is 0 Å². The summed E-state index contributed by atoms with van der Waals surface area (Å²) in [5, 5.41) is 18.1. The summed E-state index contributed by atoms with van der Waals surface area (Å²) < 4.78 is 38.6. The summed E-state index contributed by atoms with van der Waals surface area (Å²) in [7, 11) is 0. The largest absolute Gasteiger partial charge is 0.416 e. The van der Waals surface area contributed by atoms with E-state index in [2.05, 4.69) is 10.3 Å². The maximum atomic E-state index is 12.5. The Hall–Kier alpha value is -2.74. The first-order valence-corrected chi connectivity index (χ1v) is 7.04. The van der Waals surface area contributed by atoms with Gasteiger partial charge < -0.3 is 5.11 Å². The van der Waals surface area contributed by atoms with Gasteiger partial charge in [-0.3, -0.25) is 4.79 Å². The van der Waals surface area contributed by atoms with Crippen LogP contribution in [0, 0.1) is 0 Å². The minimum absolute atomic E-state index is 0.206. The van der Waals surface area contributed by atoms with Crippen molar-refractivity contribution in [2.75, 3.05) is 0 Å². The Morgan fingerprint density at radius 1 is 1.08 bits per heavy atom. The van der Waals surface area contributed by atoms with E-state index in [9.17, 15) is 23.1 Å². The standard InChI is InChI=1S/C16H12F3N3O2/c17-16(18,19)11-7-5-10(6-8-11)14(23)9-22-15(24)12-3-1-2-4-13(12)20-21-22/h1-8,14,23H,9H2/t14-/m1/s1. The Labute approximate surface area is 134 Å². The van der Waals surface area contributed by atoms with E-state index in [1.165, 1.54) is 12.1 Å². The summed E-state index contributed by atoms with van der Waals surface area (Å²) in [4.78, 5) is 12.3. The number of aliphatic hydroxyl groups excluding tert-OH is 1. The van der Waals surface area contributed by atoms with Crippen molar-refractivity contribution in [1.82, 2.24) is 15.0 Å². The van der Waals surface area contributed by atoms with E-state index in [0.29, 0.717) is 10.9 Å². The molecule has 124 valence electrons. The summed E-state index contributed by atoms with van der Waals surface area (Å²) in [6.45, 7) is -0.206. The average molecular weight is 335 g/mol. The van der Waals surface area contributed by atoms with Crippen LogP contribution < -0.4 is 5.56 Å². The van der Waals surface area contributed by atoms with Crippen LogP contribution in [-0.2, 0) is 12.7 Å². The maximum absolute atomic E-state index is 12.5. The van der Waals surface area contributed by atoms with Gasteiger partial charge in [-0.05, 0) is 29.8 Å². The highest BCUT2D eigenvalue weighted by atomic mass is 19.4. The molecule has 0 aliphatic heterocycles. The fourth-order valence-electron chi connectivity index (χ4n) is 2.31. The van der Waals surface area contributed by atoms with Crippen molar-refractivity contribution in [3.05, 3.63) is 70.0 Å². The van der Waals surface area contributed by atoms with Crippen molar-refractivity contribution in [3.63, 3.8) is 0 Å². The van der Waals surface area contributed by atoms with E-state index in [0.717, 1.165) is 16.8 Å². The minimum atomic E-state index is -4.44. The summed E-state index contributed by atoms with van der Waals surface area (Å²) in [5.41, 5.74) is -0.541. The van der Waals surface area contributed by atoms with Crippen LogP contribution in [0.5, 0.6) is 0 Å². The highest BCUT2D eigenvalue weighted by Crippen LogP contribution is 2.30. The number of halogens is 3. The zero-order valence-electron chi connectivity index (χ0n) is 12.2. The molecule has 1 aromatic heterocycles. The van der Waals surface area contributed by atoms with Crippen LogP contribution in [0.25, 0.3) is 10.9 Å². The lowest BCUT2D eigenvalue weighted by Crippen LogP contribution is -2.27. The highest BCUT2D eigenvalue weighted by Gasteiger charge is 2.30. The van der Waals surface area contributed by atoms with Gasteiger partial charge >= 0.3 is 6.18 Å². The monoisotopic (exact) mass is 335 g/mol. The van der Waals surface area contributed by atoms with Gasteiger partial charge in [0, 0.05) is 0 Å². The molecule has 0 bridgehead atoms. The molecule has 0 aliphatic rings. The molecule has 0 unspecified atom stereocenters. The van der Waals surface area contributed by atoms with Crippen LogP contribution in [0.15, 0.2) is 53.3 Å². The van der Waals surface area contributed by atoms with Gasteiger partial charge in [0.25, 0.3) is 5.56 Å². The molecule has 24 heavy (non-hydrogen) atoms. The van der Waals surface area contributed by atoms with Crippen LogP contribution >= 0.6 is 0 Å². The van der Waals surface area contributed by atoms with E-state index < -0.39 is 23.4 Å². The summed E-state index contributed by atoms with van der Waals surface area (Å²) >= 11 is 0. The van der Waals surface area contributed by atoms with Crippen LogP contribution in [0.4, 0.5) is 13.2 Å². The fourth-order valence-corrected chi connectivity index (χ4v) is 2.31. The van der Waals surface area contributed by atoms with Gasteiger partial charge in [-0.25, -0.2) is 4.68 Å². The van der Waals surface area contributed by atoms with Crippen molar-refractivity contribution in [2.45, 2.75) is 18.8 Å². The molecule has 5 nitrogen and oxygen atoms in total.